The van der Waals surface area contributed by atoms with Crippen LogP contribution in [0.4, 0.5) is 11.4 Å². The van der Waals surface area contributed by atoms with Gasteiger partial charge in [-0.3, -0.25) is 0 Å². The molecule has 2 rings (SSSR count). The monoisotopic (exact) mass is 221 g/mol. The van der Waals surface area contributed by atoms with Gasteiger partial charge < -0.3 is 21.1 Å². The Morgan fingerprint density at radius 2 is 2.31 bits per heavy atom. The molecule has 1 aliphatic heterocycles. The summed E-state index contributed by atoms with van der Waals surface area (Å²) in [5.74, 6) is 0.793. The Bertz CT molecular complexity index is 367. The highest BCUT2D eigenvalue weighted by Crippen LogP contribution is 2.36. The summed E-state index contributed by atoms with van der Waals surface area (Å²) in [6, 6.07) is 6.11. The highest BCUT2D eigenvalue weighted by Gasteiger charge is 2.26. The van der Waals surface area contributed by atoms with Gasteiger partial charge in [-0.2, -0.15) is 0 Å². The topological polar surface area (TPSA) is 59.3 Å². The second-order valence-electron chi connectivity index (χ2n) is 4.21. The van der Waals surface area contributed by atoms with Crippen LogP contribution in [-0.4, -0.2) is 25.7 Å². The molecule has 16 heavy (non-hydrogen) atoms. The van der Waals surface area contributed by atoms with Crippen LogP contribution in [0.2, 0.25) is 0 Å². The lowest BCUT2D eigenvalue weighted by Crippen LogP contribution is -2.41. The van der Waals surface area contributed by atoms with Gasteiger partial charge in [-0.15, -0.1) is 0 Å². The molecule has 4 N–H and O–H groups in total. The molecule has 1 aromatic rings. The van der Waals surface area contributed by atoms with E-state index in [0.29, 0.717) is 11.7 Å². The molecule has 0 amide bonds. The van der Waals surface area contributed by atoms with Crippen molar-refractivity contribution in [2.45, 2.75) is 25.5 Å². The maximum atomic E-state index is 5.95. The molecule has 1 heterocycles. The average Bonchev–Trinajstić information content (AvgIpc) is 2.27. The number of ether oxygens (including phenoxy) is 1. The smallest absolute Gasteiger partial charge is 0.165 e. The molecule has 88 valence electrons. The third-order valence-electron chi connectivity index (χ3n) is 2.93. The predicted octanol–water partition coefficient (Wildman–Crippen LogP) is 1.44. The first-order chi connectivity index (χ1) is 7.72. The van der Waals surface area contributed by atoms with Gasteiger partial charge in [-0.25, -0.2) is 0 Å². The molecule has 0 aromatic heterocycles. The van der Waals surface area contributed by atoms with Crippen molar-refractivity contribution in [3.05, 3.63) is 18.2 Å². The van der Waals surface area contributed by atoms with Crippen LogP contribution < -0.4 is 21.1 Å². The normalized spacial score (nSPS) is 23.1. The standard InChI is InChI=1S/C12H19N3O/c1-8-11(6-7-14-2)16-12-9(13)4-3-5-10(12)15-8/h3-5,8,11,14-15H,6-7,13H2,1-2H3. The van der Waals surface area contributed by atoms with Crippen LogP contribution in [-0.2, 0) is 0 Å². The minimum Gasteiger partial charge on any atom is -0.484 e. The van der Waals surface area contributed by atoms with Crippen LogP contribution in [0.25, 0.3) is 0 Å². The number of nitrogens with one attached hydrogen (secondary N) is 2. The molecule has 0 aliphatic carbocycles. The molecule has 1 aliphatic rings. The molecule has 1 aromatic carbocycles. The molecule has 0 spiro atoms. The minimum absolute atomic E-state index is 0.171. The number of nitrogen functional groups attached to an aromatic ring is 1. The third-order valence-corrected chi connectivity index (χ3v) is 2.93. The maximum absolute atomic E-state index is 5.95. The summed E-state index contributed by atoms with van der Waals surface area (Å²) in [6.07, 6.45) is 1.14. The Kier molecular flexibility index (Phi) is 3.19. The van der Waals surface area contributed by atoms with E-state index in [1.165, 1.54) is 0 Å². The fraction of sp³-hybridized carbons (Fsp3) is 0.500. The average molecular weight is 221 g/mol. The Morgan fingerprint density at radius 1 is 1.50 bits per heavy atom. The quantitative estimate of drug-likeness (QED) is 0.676. The van der Waals surface area contributed by atoms with E-state index in [-0.39, 0.29) is 6.10 Å². The van der Waals surface area contributed by atoms with Gasteiger partial charge in [0.15, 0.2) is 5.75 Å². The zero-order valence-corrected chi connectivity index (χ0v) is 9.79. The van der Waals surface area contributed by atoms with Crippen molar-refractivity contribution >= 4 is 11.4 Å². The SMILES string of the molecule is CNCCC1Oc2c(N)cccc2NC1C. The predicted molar refractivity (Wildman–Crippen MR) is 66.9 cm³/mol. The lowest BCUT2D eigenvalue weighted by Gasteiger charge is -2.33. The van der Waals surface area contributed by atoms with Crippen molar-refractivity contribution in [1.29, 1.82) is 0 Å². The molecule has 2 unspecified atom stereocenters. The first kappa shape index (κ1) is 11.1. The summed E-state index contributed by atoms with van der Waals surface area (Å²) in [7, 11) is 1.95. The van der Waals surface area contributed by atoms with Gasteiger partial charge in [0, 0.05) is 0 Å². The second-order valence-corrected chi connectivity index (χ2v) is 4.21. The van der Waals surface area contributed by atoms with Crippen molar-refractivity contribution in [1.82, 2.24) is 5.32 Å². The first-order valence-corrected chi connectivity index (χ1v) is 5.68. The summed E-state index contributed by atoms with van der Waals surface area (Å²) in [5, 5.41) is 6.56. The van der Waals surface area contributed by atoms with Gasteiger partial charge in [0.05, 0.1) is 17.4 Å². The van der Waals surface area contributed by atoms with E-state index in [0.717, 1.165) is 24.4 Å². The number of benzene rings is 1. The van der Waals surface area contributed by atoms with Gasteiger partial charge in [0.25, 0.3) is 0 Å². The Morgan fingerprint density at radius 3 is 3.06 bits per heavy atom. The summed E-state index contributed by atoms with van der Waals surface area (Å²) < 4.78 is 5.95. The second kappa shape index (κ2) is 4.61. The van der Waals surface area contributed by atoms with Gasteiger partial charge in [-0.05, 0) is 39.1 Å². The first-order valence-electron chi connectivity index (χ1n) is 5.68. The molecule has 0 fully saturated rings. The zero-order chi connectivity index (χ0) is 11.5. The van der Waals surface area contributed by atoms with Crippen molar-refractivity contribution in [2.24, 2.45) is 0 Å². The number of hydrogen-bond donors (Lipinski definition) is 3. The van der Waals surface area contributed by atoms with E-state index in [1.807, 2.05) is 25.2 Å². The molecular formula is C12H19N3O. The molecule has 0 saturated carbocycles. The number of hydrogen-bond acceptors (Lipinski definition) is 4. The summed E-state index contributed by atoms with van der Waals surface area (Å²) in [6.45, 7) is 3.07. The molecule has 0 bridgehead atoms. The lowest BCUT2D eigenvalue weighted by molar-refractivity contribution is 0.166. The third kappa shape index (κ3) is 2.07. The molecule has 2 atom stereocenters. The highest BCUT2D eigenvalue weighted by molar-refractivity contribution is 5.70. The zero-order valence-electron chi connectivity index (χ0n) is 9.79. The Labute approximate surface area is 96.2 Å². The van der Waals surface area contributed by atoms with Gasteiger partial charge in [0.2, 0.25) is 0 Å². The summed E-state index contributed by atoms with van der Waals surface area (Å²) in [4.78, 5) is 0. The van der Waals surface area contributed by atoms with Gasteiger partial charge >= 0.3 is 0 Å². The summed E-state index contributed by atoms with van der Waals surface area (Å²) >= 11 is 0. The number of fused-ring (bicyclic) bond motifs is 1. The van der Waals surface area contributed by atoms with Crippen LogP contribution in [0.3, 0.4) is 0 Å². The Balaban J connectivity index is 2.16. The van der Waals surface area contributed by atoms with Crippen molar-refractivity contribution < 1.29 is 4.74 Å². The van der Waals surface area contributed by atoms with Crippen molar-refractivity contribution in [2.75, 3.05) is 24.6 Å². The lowest BCUT2D eigenvalue weighted by atomic mass is 10.1. The van der Waals surface area contributed by atoms with Crippen LogP contribution >= 0.6 is 0 Å². The van der Waals surface area contributed by atoms with Crippen molar-refractivity contribution in [3.8, 4) is 5.75 Å². The molecular weight excluding hydrogens is 202 g/mol. The number of anilines is 2. The highest BCUT2D eigenvalue weighted by atomic mass is 16.5. The minimum atomic E-state index is 0.171. The molecule has 0 radical (unpaired) electrons. The van der Waals surface area contributed by atoms with Crippen LogP contribution in [0.5, 0.6) is 5.75 Å². The van der Waals surface area contributed by atoms with Crippen LogP contribution in [0, 0.1) is 0 Å². The maximum Gasteiger partial charge on any atom is 0.165 e. The largest absolute Gasteiger partial charge is 0.484 e. The van der Waals surface area contributed by atoms with E-state index in [9.17, 15) is 0 Å². The molecule has 4 nitrogen and oxygen atoms in total. The molecule has 4 heteroatoms. The van der Waals surface area contributed by atoms with E-state index < -0.39 is 0 Å². The van der Waals surface area contributed by atoms with Crippen molar-refractivity contribution in [3.63, 3.8) is 0 Å². The van der Waals surface area contributed by atoms with E-state index in [2.05, 4.69) is 17.6 Å². The summed E-state index contributed by atoms with van der Waals surface area (Å²) in [5.41, 5.74) is 7.59. The molecule has 0 saturated heterocycles. The van der Waals surface area contributed by atoms with E-state index in [1.54, 1.807) is 0 Å². The van der Waals surface area contributed by atoms with E-state index >= 15 is 0 Å². The number of para-hydroxylation sites is 1. The fourth-order valence-corrected chi connectivity index (χ4v) is 1.99. The van der Waals surface area contributed by atoms with Crippen LogP contribution in [0.1, 0.15) is 13.3 Å². The Hall–Kier alpha value is -1.42. The fourth-order valence-electron chi connectivity index (χ4n) is 1.99. The number of nitrogens with two attached hydrogens (primary N) is 1. The van der Waals surface area contributed by atoms with E-state index in [4.69, 9.17) is 10.5 Å². The van der Waals surface area contributed by atoms with Gasteiger partial charge in [0.1, 0.15) is 6.10 Å². The van der Waals surface area contributed by atoms with Crippen LogP contribution in [0.15, 0.2) is 18.2 Å². The number of rotatable bonds is 3. The van der Waals surface area contributed by atoms with Gasteiger partial charge in [-0.1, -0.05) is 6.07 Å².